The highest BCUT2D eigenvalue weighted by atomic mass is 32.2. The first kappa shape index (κ1) is 22.8. The number of nitro groups is 1. The second kappa shape index (κ2) is 10.8. The monoisotopic (exact) mass is 401 g/mol. The normalized spacial score (nSPS) is 11.4. The second-order valence-corrected chi connectivity index (χ2v) is 7.76. The molecule has 9 nitrogen and oxygen atoms in total. The Morgan fingerprint density at radius 3 is 2.44 bits per heavy atom. The zero-order valence-electron chi connectivity index (χ0n) is 15.9. The van der Waals surface area contributed by atoms with Crippen LogP contribution in [-0.2, 0) is 14.8 Å². The van der Waals surface area contributed by atoms with E-state index in [1.807, 2.05) is 6.92 Å². The second-order valence-electron chi connectivity index (χ2n) is 5.82. The standard InChI is InChI=1S/C17H27N3O6S/c1-4-7-8-11-18-17(21)13-26-16-10-9-14(12-15(16)20(22)23)27(24,25)19(5-2)6-3/h9-10,12H,4-8,11,13H2,1-3H3,(H,18,21). The fraction of sp³-hybridized carbons (Fsp3) is 0.588. The van der Waals surface area contributed by atoms with Crippen molar-refractivity contribution < 1.29 is 22.9 Å². The molecule has 1 rings (SSSR count). The maximum absolute atomic E-state index is 12.5. The molecule has 0 aliphatic rings. The van der Waals surface area contributed by atoms with Crippen molar-refractivity contribution in [2.24, 2.45) is 0 Å². The number of benzene rings is 1. The van der Waals surface area contributed by atoms with Crippen LogP contribution in [0.25, 0.3) is 0 Å². The van der Waals surface area contributed by atoms with Gasteiger partial charge in [-0.05, 0) is 18.6 Å². The third-order valence-electron chi connectivity index (χ3n) is 3.93. The number of hydrogen-bond donors (Lipinski definition) is 1. The number of unbranched alkanes of at least 4 members (excludes halogenated alkanes) is 2. The molecule has 0 spiro atoms. The topological polar surface area (TPSA) is 119 Å². The van der Waals surface area contributed by atoms with Crippen LogP contribution in [0, 0.1) is 10.1 Å². The van der Waals surface area contributed by atoms with Crippen LogP contribution in [0.1, 0.15) is 40.0 Å². The lowest BCUT2D eigenvalue weighted by Gasteiger charge is -2.18. The molecule has 1 amide bonds. The number of amides is 1. The molecule has 10 heteroatoms. The molecule has 0 saturated heterocycles. The van der Waals surface area contributed by atoms with Gasteiger partial charge in [0.25, 0.3) is 5.91 Å². The summed E-state index contributed by atoms with van der Waals surface area (Å²) < 4.78 is 31.5. The van der Waals surface area contributed by atoms with Gasteiger partial charge in [0.05, 0.1) is 9.82 Å². The van der Waals surface area contributed by atoms with Crippen molar-refractivity contribution in [3.05, 3.63) is 28.3 Å². The van der Waals surface area contributed by atoms with Crippen molar-refractivity contribution in [3.63, 3.8) is 0 Å². The Bertz CT molecular complexity index is 747. The van der Waals surface area contributed by atoms with Gasteiger partial charge >= 0.3 is 5.69 Å². The minimum Gasteiger partial charge on any atom is -0.477 e. The number of sulfonamides is 1. The van der Waals surface area contributed by atoms with Crippen LogP contribution in [0.15, 0.2) is 23.1 Å². The molecule has 0 aliphatic carbocycles. The Morgan fingerprint density at radius 2 is 1.89 bits per heavy atom. The van der Waals surface area contributed by atoms with E-state index in [-0.39, 0.29) is 36.2 Å². The van der Waals surface area contributed by atoms with Crippen molar-refractivity contribution in [2.45, 2.75) is 44.9 Å². The molecule has 0 saturated carbocycles. The molecule has 0 aromatic heterocycles. The van der Waals surface area contributed by atoms with Crippen molar-refractivity contribution in [1.29, 1.82) is 0 Å². The lowest BCUT2D eigenvalue weighted by Crippen LogP contribution is -2.31. The smallest absolute Gasteiger partial charge is 0.312 e. The maximum Gasteiger partial charge on any atom is 0.312 e. The van der Waals surface area contributed by atoms with Gasteiger partial charge in [-0.3, -0.25) is 14.9 Å². The summed E-state index contributed by atoms with van der Waals surface area (Å²) in [6, 6.07) is 3.41. The number of nitro benzene ring substituents is 1. The number of nitrogens with zero attached hydrogens (tertiary/aromatic N) is 2. The Morgan fingerprint density at radius 1 is 1.22 bits per heavy atom. The molecule has 0 atom stereocenters. The van der Waals surface area contributed by atoms with Gasteiger partial charge in [-0.15, -0.1) is 0 Å². The van der Waals surface area contributed by atoms with E-state index in [2.05, 4.69) is 5.32 Å². The summed E-state index contributed by atoms with van der Waals surface area (Å²) in [4.78, 5) is 22.1. The molecule has 152 valence electrons. The number of carbonyl (C=O) groups excluding carboxylic acids is 1. The molecule has 0 aliphatic heterocycles. The van der Waals surface area contributed by atoms with Gasteiger partial charge in [0, 0.05) is 25.7 Å². The zero-order chi connectivity index (χ0) is 20.4. The summed E-state index contributed by atoms with van der Waals surface area (Å²) in [5.41, 5.74) is -0.498. The first-order valence-electron chi connectivity index (χ1n) is 8.95. The van der Waals surface area contributed by atoms with Crippen molar-refractivity contribution >= 4 is 21.6 Å². The SMILES string of the molecule is CCCCCNC(=O)COc1ccc(S(=O)(=O)N(CC)CC)cc1[N+](=O)[O-]. The van der Waals surface area contributed by atoms with E-state index in [0.717, 1.165) is 25.3 Å². The van der Waals surface area contributed by atoms with Crippen LogP contribution in [0.3, 0.4) is 0 Å². The summed E-state index contributed by atoms with van der Waals surface area (Å²) in [6.45, 7) is 6.06. The Balaban J connectivity index is 2.91. The van der Waals surface area contributed by atoms with Gasteiger partial charge < -0.3 is 10.1 Å². The minimum atomic E-state index is -3.83. The molecule has 0 radical (unpaired) electrons. The van der Waals surface area contributed by atoms with Crippen molar-refractivity contribution in [2.75, 3.05) is 26.2 Å². The molecular formula is C17H27N3O6S. The molecular weight excluding hydrogens is 374 g/mol. The quantitative estimate of drug-likeness (QED) is 0.326. The number of carbonyl (C=O) groups is 1. The third-order valence-corrected chi connectivity index (χ3v) is 5.98. The summed E-state index contributed by atoms with van der Waals surface area (Å²) >= 11 is 0. The third kappa shape index (κ3) is 6.47. The fourth-order valence-corrected chi connectivity index (χ4v) is 3.91. The zero-order valence-corrected chi connectivity index (χ0v) is 16.8. The van der Waals surface area contributed by atoms with E-state index in [4.69, 9.17) is 4.74 Å². The lowest BCUT2D eigenvalue weighted by atomic mass is 10.2. The Kier molecular flexibility index (Phi) is 9.16. The van der Waals surface area contributed by atoms with E-state index in [1.54, 1.807) is 13.8 Å². The van der Waals surface area contributed by atoms with Crippen LogP contribution in [0.2, 0.25) is 0 Å². The van der Waals surface area contributed by atoms with Crippen molar-refractivity contribution in [1.82, 2.24) is 9.62 Å². The average Bonchev–Trinajstić information content (AvgIpc) is 2.64. The Hall–Kier alpha value is -2.20. The number of ether oxygens (including phenoxy) is 1. The van der Waals surface area contributed by atoms with E-state index in [9.17, 15) is 23.3 Å². The van der Waals surface area contributed by atoms with Crippen LogP contribution in [0.4, 0.5) is 5.69 Å². The van der Waals surface area contributed by atoms with Crippen LogP contribution < -0.4 is 10.1 Å². The van der Waals surface area contributed by atoms with Crippen molar-refractivity contribution in [3.8, 4) is 5.75 Å². The van der Waals surface area contributed by atoms with E-state index >= 15 is 0 Å². The van der Waals surface area contributed by atoms with Gasteiger partial charge in [0.1, 0.15) is 0 Å². The van der Waals surface area contributed by atoms with Gasteiger partial charge in [-0.2, -0.15) is 4.31 Å². The van der Waals surface area contributed by atoms with Crippen LogP contribution in [-0.4, -0.2) is 49.8 Å². The largest absolute Gasteiger partial charge is 0.477 e. The number of nitrogens with one attached hydrogen (secondary N) is 1. The van der Waals surface area contributed by atoms with E-state index in [0.29, 0.717) is 6.54 Å². The van der Waals surface area contributed by atoms with E-state index < -0.39 is 20.6 Å². The molecule has 1 N–H and O–H groups in total. The summed E-state index contributed by atoms with van der Waals surface area (Å²) in [6.07, 6.45) is 2.87. The van der Waals surface area contributed by atoms with Gasteiger partial charge in [0.2, 0.25) is 10.0 Å². The molecule has 0 fully saturated rings. The Labute approximate surface area is 159 Å². The van der Waals surface area contributed by atoms with E-state index in [1.165, 1.54) is 16.4 Å². The van der Waals surface area contributed by atoms with Gasteiger partial charge in [0.15, 0.2) is 12.4 Å². The molecule has 0 heterocycles. The number of rotatable bonds is 12. The molecule has 0 unspecified atom stereocenters. The fourth-order valence-electron chi connectivity index (χ4n) is 2.43. The predicted molar refractivity (Wildman–Crippen MR) is 101 cm³/mol. The molecule has 1 aromatic rings. The number of hydrogen-bond acceptors (Lipinski definition) is 6. The maximum atomic E-state index is 12.5. The predicted octanol–water partition coefficient (Wildman–Crippen LogP) is 2.31. The average molecular weight is 401 g/mol. The summed E-state index contributed by atoms with van der Waals surface area (Å²) in [5, 5.41) is 14.0. The molecule has 0 bridgehead atoms. The van der Waals surface area contributed by atoms with Crippen LogP contribution >= 0.6 is 0 Å². The summed E-state index contributed by atoms with van der Waals surface area (Å²) in [7, 11) is -3.83. The van der Waals surface area contributed by atoms with Gasteiger partial charge in [-0.25, -0.2) is 8.42 Å². The highest BCUT2D eigenvalue weighted by molar-refractivity contribution is 7.89. The minimum absolute atomic E-state index is 0.151. The highest BCUT2D eigenvalue weighted by Gasteiger charge is 2.26. The summed E-state index contributed by atoms with van der Waals surface area (Å²) in [5.74, 6) is -0.539. The highest BCUT2D eigenvalue weighted by Crippen LogP contribution is 2.30. The molecule has 1 aromatic carbocycles. The van der Waals surface area contributed by atoms with Crippen LogP contribution in [0.5, 0.6) is 5.75 Å². The first-order valence-corrected chi connectivity index (χ1v) is 10.4. The lowest BCUT2D eigenvalue weighted by molar-refractivity contribution is -0.386. The molecule has 27 heavy (non-hydrogen) atoms. The van der Waals surface area contributed by atoms with Gasteiger partial charge in [-0.1, -0.05) is 33.6 Å². The first-order chi connectivity index (χ1) is 12.8.